The molecule has 1 aromatic heterocycles. The molecule has 272 valence electrons. The van der Waals surface area contributed by atoms with Crippen molar-refractivity contribution >= 4 is 50.2 Å². The smallest absolute Gasteiger partial charge is 0.264 e. The molecule has 0 spiro atoms. The van der Waals surface area contributed by atoms with E-state index >= 15 is 0 Å². The molecule has 0 aliphatic carbocycles. The van der Waals surface area contributed by atoms with Crippen LogP contribution in [0.2, 0.25) is 5.02 Å². The molecule has 0 unspecified atom stereocenters. The van der Waals surface area contributed by atoms with Crippen molar-refractivity contribution in [2.24, 2.45) is 11.7 Å². The third-order valence-corrected chi connectivity index (χ3v) is 9.89. The Morgan fingerprint density at radius 2 is 1.80 bits per heavy atom. The highest BCUT2D eigenvalue weighted by molar-refractivity contribution is 7.88. The molecule has 0 saturated carbocycles. The van der Waals surface area contributed by atoms with Crippen molar-refractivity contribution in [2.45, 2.75) is 69.7 Å². The van der Waals surface area contributed by atoms with Crippen LogP contribution in [-0.2, 0) is 37.4 Å². The summed E-state index contributed by atoms with van der Waals surface area (Å²) in [6, 6.07) is 18.1. The van der Waals surface area contributed by atoms with Crippen LogP contribution in [0.1, 0.15) is 60.3 Å². The van der Waals surface area contributed by atoms with Gasteiger partial charge in [0.05, 0.1) is 25.0 Å². The number of benzene rings is 3. The lowest BCUT2D eigenvalue weighted by molar-refractivity contribution is -0.139. The summed E-state index contributed by atoms with van der Waals surface area (Å²) in [5.74, 6) is -3.06. The predicted octanol–water partition coefficient (Wildman–Crippen LogP) is 5.24. The molecular formula is C37H42ClFN4O7S. The minimum absolute atomic E-state index is 0.0403. The molecular weight excluding hydrogens is 699 g/mol. The number of fused-ring (bicyclic) bond motifs is 1. The van der Waals surface area contributed by atoms with Crippen LogP contribution in [0, 0.1) is 11.7 Å². The molecule has 0 radical (unpaired) electrons. The summed E-state index contributed by atoms with van der Waals surface area (Å²) >= 11 is 6.03. The van der Waals surface area contributed by atoms with Crippen molar-refractivity contribution in [1.29, 1.82) is 0 Å². The molecule has 5 rings (SSSR count). The largest absolute Gasteiger partial charge is 0.434 e. The topological polar surface area (TPSA) is 162 Å². The Hall–Kier alpha value is -4.01. The molecule has 3 aromatic carbocycles. The number of carbonyl (C=O) groups excluding carboxylic acids is 3. The predicted molar refractivity (Wildman–Crippen MR) is 191 cm³/mol. The molecule has 4 aromatic rings. The summed E-state index contributed by atoms with van der Waals surface area (Å²) in [4.78, 5) is 47.8. The minimum Gasteiger partial charge on any atom is -0.434 e. The molecule has 3 N–H and O–H groups in total. The van der Waals surface area contributed by atoms with E-state index < -0.39 is 51.6 Å². The summed E-state index contributed by atoms with van der Waals surface area (Å²) in [6.07, 6.45) is 2.39. The van der Waals surface area contributed by atoms with Crippen molar-refractivity contribution in [1.82, 2.24) is 14.6 Å². The van der Waals surface area contributed by atoms with E-state index in [1.807, 2.05) is 42.5 Å². The van der Waals surface area contributed by atoms with E-state index in [1.165, 1.54) is 17.0 Å². The normalized spacial score (nSPS) is 17.5. The number of likely N-dealkylation sites (tertiary alicyclic amines) is 1. The Labute approximate surface area is 301 Å². The van der Waals surface area contributed by atoms with Crippen LogP contribution in [0.15, 0.2) is 77.2 Å². The van der Waals surface area contributed by atoms with Crippen molar-refractivity contribution in [2.75, 3.05) is 19.3 Å². The van der Waals surface area contributed by atoms with Gasteiger partial charge >= 0.3 is 0 Å². The van der Waals surface area contributed by atoms with Gasteiger partial charge in [0.25, 0.3) is 5.89 Å². The second-order valence-corrected chi connectivity index (χ2v) is 15.1. The molecule has 11 nitrogen and oxygen atoms in total. The first-order valence-corrected chi connectivity index (χ1v) is 19.2. The number of sulfonamides is 1. The number of nitrogens with one attached hydrogen (secondary N) is 1. The number of ether oxygens (including phenoxy) is 1. The van der Waals surface area contributed by atoms with Crippen LogP contribution in [-0.4, -0.2) is 73.3 Å². The number of aromatic nitrogens is 1. The fourth-order valence-corrected chi connectivity index (χ4v) is 7.19. The zero-order chi connectivity index (χ0) is 36.5. The number of carbonyl (C=O) groups is 3. The molecule has 1 amide bonds. The van der Waals surface area contributed by atoms with Crippen LogP contribution < -0.4 is 10.5 Å². The van der Waals surface area contributed by atoms with Crippen molar-refractivity contribution in [3.05, 3.63) is 101 Å². The van der Waals surface area contributed by atoms with Gasteiger partial charge in [-0.3, -0.25) is 14.4 Å². The molecule has 51 heavy (non-hydrogen) atoms. The van der Waals surface area contributed by atoms with Gasteiger partial charge in [-0.2, -0.15) is 0 Å². The number of Topliss-reactive ketones (excluding diaryl/α,β-unsaturated/α-hetero) is 2. The lowest BCUT2D eigenvalue weighted by atomic mass is 9.89. The number of aryl methyl sites for hydroxylation is 1. The summed E-state index contributed by atoms with van der Waals surface area (Å²) < 4.78 is 53.0. The lowest BCUT2D eigenvalue weighted by Gasteiger charge is -2.29. The van der Waals surface area contributed by atoms with Gasteiger partial charge in [-0.25, -0.2) is 22.5 Å². The first-order valence-electron chi connectivity index (χ1n) is 16.9. The Kier molecular flexibility index (Phi) is 13.1. The second-order valence-electron chi connectivity index (χ2n) is 12.9. The fraction of sp³-hybridized carbons (Fsp3) is 0.405. The molecule has 14 heteroatoms. The summed E-state index contributed by atoms with van der Waals surface area (Å²) in [6.45, 7) is 0.632. The monoisotopic (exact) mass is 740 g/mol. The Balaban J connectivity index is 1.39. The van der Waals surface area contributed by atoms with Crippen LogP contribution in [0.25, 0.3) is 11.1 Å². The molecule has 1 aliphatic rings. The number of halogens is 2. The lowest BCUT2D eigenvalue weighted by Crippen LogP contribution is -2.52. The number of hydrogen-bond acceptors (Lipinski definition) is 9. The van der Waals surface area contributed by atoms with E-state index in [9.17, 15) is 27.2 Å². The van der Waals surface area contributed by atoms with Crippen molar-refractivity contribution < 1.29 is 36.3 Å². The molecule has 1 saturated heterocycles. The number of hydrogen-bond donors (Lipinski definition) is 2. The highest BCUT2D eigenvalue weighted by Crippen LogP contribution is 2.29. The van der Waals surface area contributed by atoms with Crippen molar-refractivity contribution in [3.63, 3.8) is 0 Å². The highest BCUT2D eigenvalue weighted by atomic mass is 35.5. The number of unbranched alkanes of at least 4 members (excludes halogenated alkanes) is 1. The number of ketones is 2. The summed E-state index contributed by atoms with van der Waals surface area (Å²) in [5, 5.41) is 0.572. The van der Waals surface area contributed by atoms with Crippen LogP contribution in [0.5, 0.6) is 0 Å². The summed E-state index contributed by atoms with van der Waals surface area (Å²) in [7, 11) is -3.81. The first kappa shape index (κ1) is 38.2. The summed E-state index contributed by atoms with van der Waals surface area (Å²) in [5.41, 5.74) is 7.89. The van der Waals surface area contributed by atoms with Gasteiger partial charge in [0, 0.05) is 36.4 Å². The van der Waals surface area contributed by atoms with Gasteiger partial charge < -0.3 is 19.8 Å². The third-order valence-electron chi connectivity index (χ3n) is 8.92. The zero-order valence-corrected chi connectivity index (χ0v) is 29.9. The molecule has 2 heterocycles. The second kappa shape index (κ2) is 17.5. The standard InChI is InChI=1S/C37H42ClFN4O7S/c1-51(47,48)42-30(16-12-24-7-3-2-4-8-24)37(46)43-22-29(49-23-25-10-13-27(38)14-11-25)21-32(43)33(44)19-26(9-5-6-18-40)35(45)36-41-31-20-28(39)15-17-34(31)50-36/h2-4,7-8,10-11,13-15,17,20,26,29-30,32,42H,5-6,9,12,16,18-19,21-23,40H2,1H3/t26-,29-,30-,32+/m1/s1. The average molecular weight is 741 g/mol. The van der Waals surface area contributed by atoms with Crippen LogP contribution in [0.4, 0.5) is 4.39 Å². The molecule has 1 fully saturated rings. The quantitative estimate of drug-likeness (QED) is 0.103. The Morgan fingerprint density at radius 1 is 1.06 bits per heavy atom. The maximum Gasteiger partial charge on any atom is 0.264 e. The molecule has 0 bridgehead atoms. The van der Waals surface area contributed by atoms with Gasteiger partial charge in [-0.15, -0.1) is 0 Å². The van der Waals surface area contributed by atoms with Gasteiger partial charge in [0.1, 0.15) is 17.4 Å². The van der Waals surface area contributed by atoms with Crippen molar-refractivity contribution in [3.8, 4) is 0 Å². The third kappa shape index (κ3) is 10.7. The van der Waals surface area contributed by atoms with E-state index in [4.69, 9.17) is 26.5 Å². The van der Waals surface area contributed by atoms with Gasteiger partial charge in [0.2, 0.25) is 21.7 Å². The highest BCUT2D eigenvalue weighted by Gasteiger charge is 2.43. The average Bonchev–Trinajstić information content (AvgIpc) is 3.73. The number of nitrogens with two attached hydrogens (primary N) is 1. The SMILES string of the molecule is CS(=O)(=O)N[C@H](CCc1ccccc1)C(=O)N1C[C@H](OCc2ccc(Cl)cc2)C[C@H]1C(=O)C[C@@H](CCCCN)C(=O)c1nc2cc(F)ccc2o1. The number of amides is 1. The van der Waals surface area contributed by atoms with Gasteiger partial charge in [0.15, 0.2) is 11.4 Å². The minimum atomic E-state index is -3.81. The zero-order valence-electron chi connectivity index (χ0n) is 28.3. The maximum absolute atomic E-state index is 14.2. The fourth-order valence-electron chi connectivity index (χ4n) is 6.33. The van der Waals surface area contributed by atoms with E-state index in [0.29, 0.717) is 37.3 Å². The van der Waals surface area contributed by atoms with Crippen LogP contribution >= 0.6 is 11.6 Å². The molecule has 1 aliphatic heterocycles. The van der Waals surface area contributed by atoms with Gasteiger partial charge in [-0.1, -0.05) is 60.5 Å². The van der Waals surface area contributed by atoms with E-state index in [0.717, 1.165) is 23.4 Å². The van der Waals surface area contributed by atoms with E-state index in [1.54, 1.807) is 12.1 Å². The Morgan fingerprint density at radius 3 is 2.51 bits per heavy atom. The van der Waals surface area contributed by atoms with Crippen LogP contribution in [0.3, 0.4) is 0 Å². The molecule has 4 atom stereocenters. The van der Waals surface area contributed by atoms with E-state index in [-0.39, 0.29) is 55.2 Å². The number of oxazole rings is 1. The van der Waals surface area contributed by atoms with Gasteiger partial charge in [-0.05, 0) is 67.6 Å². The number of rotatable bonds is 18. The number of nitrogens with zero attached hydrogens (tertiary/aromatic N) is 2. The Bertz CT molecular complexity index is 1920. The first-order chi connectivity index (χ1) is 24.4. The van der Waals surface area contributed by atoms with E-state index in [2.05, 4.69) is 9.71 Å². The maximum atomic E-state index is 14.2.